The van der Waals surface area contributed by atoms with Crippen LogP contribution in [0.15, 0.2) is 54.6 Å². The van der Waals surface area contributed by atoms with Crippen molar-refractivity contribution >= 4 is 5.97 Å². The lowest BCUT2D eigenvalue weighted by atomic mass is 10.1. The molecule has 2 aromatic rings. The SMILES string of the molecule is COc1cccc([C@@H](OCCc2ccccc2)C(=O)O)c1. The maximum absolute atomic E-state index is 11.4. The van der Waals surface area contributed by atoms with Crippen LogP contribution in [-0.4, -0.2) is 24.8 Å². The standard InChI is InChI=1S/C17H18O4/c1-20-15-9-5-8-14(12-15)16(17(18)19)21-11-10-13-6-3-2-4-7-13/h2-9,12,16H,10-11H2,1H3,(H,18,19)/t16-/m1/s1. The molecule has 0 radical (unpaired) electrons. The van der Waals surface area contributed by atoms with Crippen LogP contribution >= 0.6 is 0 Å². The van der Waals surface area contributed by atoms with E-state index in [0.717, 1.165) is 5.56 Å². The van der Waals surface area contributed by atoms with Gasteiger partial charge >= 0.3 is 5.97 Å². The van der Waals surface area contributed by atoms with Crippen molar-refractivity contribution in [1.82, 2.24) is 0 Å². The van der Waals surface area contributed by atoms with Gasteiger partial charge in [-0.15, -0.1) is 0 Å². The van der Waals surface area contributed by atoms with Crippen LogP contribution in [0.5, 0.6) is 5.75 Å². The fraction of sp³-hybridized carbons (Fsp3) is 0.235. The van der Waals surface area contributed by atoms with Gasteiger partial charge in [-0.05, 0) is 29.7 Å². The molecule has 0 aliphatic carbocycles. The van der Waals surface area contributed by atoms with E-state index >= 15 is 0 Å². The molecule has 0 saturated carbocycles. The van der Waals surface area contributed by atoms with E-state index in [2.05, 4.69) is 0 Å². The van der Waals surface area contributed by atoms with Crippen LogP contribution in [0.4, 0.5) is 0 Å². The van der Waals surface area contributed by atoms with E-state index in [1.807, 2.05) is 30.3 Å². The highest BCUT2D eigenvalue weighted by molar-refractivity contribution is 5.74. The number of carboxylic acids is 1. The summed E-state index contributed by atoms with van der Waals surface area (Å²) in [6, 6.07) is 16.8. The Balaban J connectivity index is 2.00. The van der Waals surface area contributed by atoms with E-state index in [9.17, 15) is 9.90 Å². The zero-order chi connectivity index (χ0) is 15.1. The second-order valence-corrected chi connectivity index (χ2v) is 4.60. The van der Waals surface area contributed by atoms with Gasteiger partial charge in [0.05, 0.1) is 13.7 Å². The van der Waals surface area contributed by atoms with Crippen LogP contribution in [0.1, 0.15) is 17.2 Å². The van der Waals surface area contributed by atoms with Crippen LogP contribution in [0.3, 0.4) is 0 Å². The van der Waals surface area contributed by atoms with Gasteiger partial charge in [-0.1, -0.05) is 42.5 Å². The van der Waals surface area contributed by atoms with Crippen molar-refractivity contribution in [1.29, 1.82) is 0 Å². The minimum atomic E-state index is -1.00. The van der Waals surface area contributed by atoms with Crippen LogP contribution in [0.25, 0.3) is 0 Å². The molecule has 110 valence electrons. The maximum atomic E-state index is 11.4. The molecule has 0 unspecified atom stereocenters. The van der Waals surface area contributed by atoms with Crippen LogP contribution in [-0.2, 0) is 16.0 Å². The van der Waals surface area contributed by atoms with Crippen LogP contribution < -0.4 is 4.74 Å². The summed E-state index contributed by atoms with van der Waals surface area (Å²) in [5.74, 6) is -0.387. The van der Waals surface area contributed by atoms with Crippen molar-refractivity contribution in [2.75, 3.05) is 13.7 Å². The minimum absolute atomic E-state index is 0.345. The summed E-state index contributed by atoms with van der Waals surface area (Å²) in [7, 11) is 1.55. The first-order valence-corrected chi connectivity index (χ1v) is 6.73. The molecule has 0 bridgehead atoms. The Morgan fingerprint density at radius 1 is 1.14 bits per heavy atom. The Morgan fingerprint density at radius 3 is 2.57 bits per heavy atom. The van der Waals surface area contributed by atoms with E-state index in [1.165, 1.54) is 0 Å². The third-order valence-electron chi connectivity index (χ3n) is 3.14. The van der Waals surface area contributed by atoms with Crippen molar-refractivity contribution in [3.05, 3.63) is 65.7 Å². The predicted octanol–water partition coefficient (Wildman–Crippen LogP) is 3.08. The lowest BCUT2D eigenvalue weighted by Gasteiger charge is -2.15. The van der Waals surface area contributed by atoms with E-state index in [-0.39, 0.29) is 0 Å². The van der Waals surface area contributed by atoms with Gasteiger partial charge in [0.15, 0.2) is 6.10 Å². The normalized spacial score (nSPS) is 11.9. The largest absolute Gasteiger partial charge is 0.497 e. The number of aliphatic carboxylic acids is 1. The first kappa shape index (κ1) is 15.1. The highest BCUT2D eigenvalue weighted by atomic mass is 16.5. The molecule has 0 amide bonds. The predicted molar refractivity (Wildman–Crippen MR) is 79.5 cm³/mol. The number of carbonyl (C=O) groups is 1. The second kappa shape index (κ2) is 7.45. The third kappa shape index (κ3) is 4.33. The number of hydrogen-bond acceptors (Lipinski definition) is 3. The van der Waals surface area contributed by atoms with Crippen molar-refractivity contribution in [3.8, 4) is 5.75 Å². The van der Waals surface area contributed by atoms with Gasteiger partial charge in [0, 0.05) is 0 Å². The molecule has 4 nitrogen and oxygen atoms in total. The van der Waals surface area contributed by atoms with Crippen molar-refractivity contribution in [2.24, 2.45) is 0 Å². The van der Waals surface area contributed by atoms with Gasteiger partial charge in [0.25, 0.3) is 0 Å². The molecule has 0 fully saturated rings. The minimum Gasteiger partial charge on any atom is -0.497 e. The second-order valence-electron chi connectivity index (χ2n) is 4.60. The summed E-state index contributed by atoms with van der Waals surface area (Å²) < 4.78 is 10.6. The van der Waals surface area contributed by atoms with Crippen LogP contribution in [0.2, 0.25) is 0 Å². The van der Waals surface area contributed by atoms with Gasteiger partial charge < -0.3 is 14.6 Å². The lowest BCUT2D eigenvalue weighted by molar-refractivity contribution is -0.150. The molecule has 2 aromatic carbocycles. The molecule has 21 heavy (non-hydrogen) atoms. The van der Waals surface area contributed by atoms with Gasteiger partial charge in [-0.3, -0.25) is 0 Å². The Bertz CT molecular complexity index is 580. The Hall–Kier alpha value is -2.33. The zero-order valence-corrected chi connectivity index (χ0v) is 11.9. The summed E-state index contributed by atoms with van der Waals surface area (Å²) in [5, 5.41) is 9.32. The van der Waals surface area contributed by atoms with Gasteiger partial charge in [0.1, 0.15) is 5.75 Å². The highest BCUT2D eigenvalue weighted by Gasteiger charge is 2.20. The summed E-state index contributed by atoms with van der Waals surface area (Å²) in [5.41, 5.74) is 1.70. The van der Waals surface area contributed by atoms with Crippen molar-refractivity contribution in [2.45, 2.75) is 12.5 Å². The quantitative estimate of drug-likeness (QED) is 0.850. The molecule has 0 heterocycles. The first-order valence-electron chi connectivity index (χ1n) is 6.73. The molecule has 2 rings (SSSR count). The molecular weight excluding hydrogens is 268 g/mol. The summed E-state index contributed by atoms with van der Waals surface area (Å²) >= 11 is 0. The monoisotopic (exact) mass is 286 g/mol. The van der Waals surface area contributed by atoms with E-state index < -0.39 is 12.1 Å². The molecule has 0 saturated heterocycles. The average molecular weight is 286 g/mol. The maximum Gasteiger partial charge on any atom is 0.337 e. The van der Waals surface area contributed by atoms with Crippen molar-refractivity contribution in [3.63, 3.8) is 0 Å². The number of hydrogen-bond donors (Lipinski definition) is 1. The van der Waals surface area contributed by atoms with Crippen LogP contribution in [0, 0.1) is 0 Å². The van der Waals surface area contributed by atoms with E-state index in [4.69, 9.17) is 9.47 Å². The van der Waals surface area contributed by atoms with E-state index in [0.29, 0.717) is 24.3 Å². The summed E-state index contributed by atoms with van der Waals surface area (Å²) in [4.78, 5) is 11.4. The number of methoxy groups -OCH3 is 1. The summed E-state index contributed by atoms with van der Waals surface area (Å²) in [6.07, 6.45) is -0.307. The first-order chi connectivity index (χ1) is 10.2. The number of rotatable bonds is 7. The molecule has 0 aliphatic rings. The number of carboxylic acid groups (broad SMARTS) is 1. The van der Waals surface area contributed by atoms with Gasteiger partial charge in [-0.2, -0.15) is 0 Å². The Morgan fingerprint density at radius 2 is 1.90 bits per heavy atom. The zero-order valence-electron chi connectivity index (χ0n) is 11.9. The van der Waals surface area contributed by atoms with Gasteiger partial charge in [-0.25, -0.2) is 4.79 Å². The number of benzene rings is 2. The fourth-order valence-electron chi connectivity index (χ4n) is 2.05. The highest BCUT2D eigenvalue weighted by Crippen LogP contribution is 2.22. The lowest BCUT2D eigenvalue weighted by Crippen LogP contribution is -2.16. The fourth-order valence-corrected chi connectivity index (χ4v) is 2.05. The Kier molecular flexibility index (Phi) is 5.35. The molecule has 0 spiro atoms. The molecule has 1 atom stereocenters. The third-order valence-corrected chi connectivity index (χ3v) is 3.14. The number of ether oxygens (including phenoxy) is 2. The molecule has 1 N–H and O–H groups in total. The molecule has 0 aromatic heterocycles. The molecule has 0 aliphatic heterocycles. The average Bonchev–Trinajstić information content (AvgIpc) is 2.52. The van der Waals surface area contributed by atoms with Crippen molar-refractivity contribution < 1.29 is 19.4 Å². The molecular formula is C17H18O4. The summed E-state index contributed by atoms with van der Waals surface area (Å²) in [6.45, 7) is 0.345. The topological polar surface area (TPSA) is 55.8 Å². The molecule has 4 heteroatoms. The Labute approximate surface area is 123 Å². The van der Waals surface area contributed by atoms with Gasteiger partial charge in [0.2, 0.25) is 0 Å². The smallest absolute Gasteiger partial charge is 0.337 e. The van der Waals surface area contributed by atoms with E-state index in [1.54, 1.807) is 31.4 Å².